The molecule has 5 aromatic rings. The van der Waals surface area contributed by atoms with Gasteiger partial charge in [-0.15, -0.1) is 0 Å². The minimum Gasteiger partial charge on any atom is -0.457 e. The summed E-state index contributed by atoms with van der Waals surface area (Å²) in [7, 11) is 0. The van der Waals surface area contributed by atoms with E-state index in [9.17, 15) is 4.79 Å². The Kier molecular flexibility index (Phi) is 6.82. The number of carbonyl (C=O) groups excluding carboxylic acids is 1. The van der Waals surface area contributed by atoms with Crippen LogP contribution in [-0.4, -0.2) is 39.3 Å². The van der Waals surface area contributed by atoms with Crippen molar-refractivity contribution in [1.29, 1.82) is 0 Å². The summed E-state index contributed by atoms with van der Waals surface area (Å²) >= 11 is 0. The molecule has 0 saturated carbocycles. The van der Waals surface area contributed by atoms with Crippen LogP contribution in [0, 0.1) is 0 Å². The van der Waals surface area contributed by atoms with Crippen LogP contribution in [0.25, 0.3) is 22.2 Å². The van der Waals surface area contributed by atoms with Gasteiger partial charge in [0.05, 0.1) is 16.6 Å². The highest BCUT2D eigenvalue weighted by molar-refractivity contribution is 6.00. The number of amides is 1. The third-order valence-corrected chi connectivity index (χ3v) is 7.00. The molecule has 1 unspecified atom stereocenters. The first-order valence-corrected chi connectivity index (χ1v) is 13.1. The Morgan fingerprint density at radius 2 is 1.69 bits per heavy atom. The van der Waals surface area contributed by atoms with Crippen LogP contribution in [-0.2, 0) is 11.3 Å². The van der Waals surface area contributed by atoms with Crippen molar-refractivity contribution in [2.24, 2.45) is 0 Å². The van der Waals surface area contributed by atoms with Crippen LogP contribution >= 0.6 is 0 Å². The molecule has 0 aliphatic carbocycles. The number of anilines is 1. The van der Waals surface area contributed by atoms with E-state index in [1.54, 1.807) is 4.90 Å². The lowest BCUT2D eigenvalue weighted by molar-refractivity contribution is 0.0856. The van der Waals surface area contributed by atoms with Crippen molar-refractivity contribution in [3.8, 4) is 22.8 Å². The lowest BCUT2D eigenvalue weighted by Gasteiger charge is -2.32. The van der Waals surface area contributed by atoms with E-state index < -0.39 is 0 Å². The fraction of sp³-hybridized carbons (Fsp3) is 0.194. The van der Waals surface area contributed by atoms with E-state index in [1.165, 1.54) is 0 Å². The van der Waals surface area contributed by atoms with Gasteiger partial charge in [-0.1, -0.05) is 48.5 Å². The van der Waals surface area contributed by atoms with Crippen LogP contribution in [0.4, 0.5) is 10.6 Å². The summed E-state index contributed by atoms with van der Waals surface area (Å²) in [5.41, 5.74) is 10.6. The van der Waals surface area contributed by atoms with Crippen molar-refractivity contribution in [1.82, 2.24) is 20.1 Å². The van der Waals surface area contributed by atoms with Crippen LogP contribution in [0.15, 0.2) is 91.0 Å². The van der Waals surface area contributed by atoms with E-state index in [1.807, 2.05) is 91.0 Å². The molecule has 2 aromatic heterocycles. The molecule has 196 valence electrons. The number of pyridine rings is 1. The number of rotatable bonds is 6. The Labute approximate surface area is 226 Å². The Morgan fingerprint density at radius 1 is 0.974 bits per heavy atom. The molecular formula is C31H29N5O3. The van der Waals surface area contributed by atoms with E-state index in [4.69, 9.17) is 20.2 Å². The molecule has 1 atom stereocenters. The summed E-state index contributed by atoms with van der Waals surface area (Å²) in [6.45, 7) is 1.46. The summed E-state index contributed by atoms with van der Waals surface area (Å²) in [5, 5.41) is 8.07. The van der Waals surface area contributed by atoms with Crippen LogP contribution in [0.3, 0.4) is 0 Å². The predicted octanol–water partition coefficient (Wildman–Crippen LogP) is 6.52. The average molecular weight is 520 g/mol. The van der Waals surface area contributed by atoms with Gasteiger partial charge >= 0.3 is 6.09 Å². The molecule has 6 rings (SSSR count). The number of para-hydroxylation sites is 1. The minimum atomic E-state index is -0.301. The normalized spacial score (nSPS) is 15.3. The van der Waals surface area contributed by atoms with Gasteiger partial charge in [0.1, 0.15) is 18.1 Å². The number of aromatic amines is 1. The van der Waals surface area contributed by atoms with E-state index in [2.05, 4.69) is 10.2 Å². The number of nitrogens with two attached hydrogens (primary N) is 1. The number of hydrogen-bond acceptors (Lipinski definition) is 6. The zero-order chi connectivity index (χ0) is 26.6. The third-order valence-electron chi connectivity index (χ3n) is 7.00. The van der Waals surface area contributed by atoms with Crippen LogP contribution < -0.4 is 10.5 Å². The van der Waals surface area contributed by atoms with Crippen molar-refractivity contribution in [2.75, 3.05) is 18.8 Å². The molecular weight excluding hydrogens is 490 g/mol. The number of fused-ring (bicyclic) bond motifs is 1. The van der Waals surface area contributed by atoms with Gasteiger partial charge in [-0.25, -0.2) is 4.79 Å². The summed E-state index contributed by atoms with van der Waals surface area (Å²) < 4.78 is 11.5. The van der Waals surface area contributed by atoms with Crippen LogP contribution in [0.1, 0.15) is 30.0 Å². The maximum Gasteiger partial charge on any atom is 0.410 e. The number of aromatic nitrogens is 3. The molecule has 1 fully saturated rings. The smallest absolute Gasteiger partial charge is 0.410 e. The van der Waals surface area contributed by atoms with Gasteiger partial charge in [0.15, 0.2) is 5.82 Å². The lowest BCUT2D eigenvalue weighted by Crippen LogP contribution is -2.39. The molecule has 8 nitrogen and oxygen atoms in total. The van der Waals surface area contributed by atoms with Gasteiger partial charge in [-0.3, -0.25) is 10.1 Å². The topological polar surface area (TPSA) is 106 Å². The fourth-order valence-corrected chi connectivity index (χ4v) is 5.01. The first-order chi connectivity index (χ1) is 19.1. The second-order valence-corrected chi connectivity index (χ2v) is 9.69. The average Bonchev–Trinajstić information content (AvgIpc) is 3.37. The zero-order valence-electron chi connectivity index (χ0n) is 21.4. The summed E-state index contributed by atoms with van der Waals surface area (Å²) in [4.78, 5) is 19.7. The molecule has 3 aromatic carbocycles. The largest absolute Gasteiger partial charge is 0.457 e. The van der Waals surface area contributed by atoms with E-state index >= 15 is 0 Å². The molecule has 3 N–H and O–H groups in total. The Balaban J connectivity index is 1.23. The first-order valence-electron chi connectivity index (χ1n) is 13.1. The Morgan fingerprint density at radius 3 is 2.46 bits per heavy atom. The fourth-order valence-electron chi connectivity index (χ4n) is 5.01. The maximum absolute atomic E-state index is 12.9. The highest BCUT2D eigenvalue weighted by atomic mass is 16.6. The van der Waals surface area contributed by atoms with Crippen molar-refractivity contribution in [3.05, 3.63) is 102 Å². The molecule has 0 radical (unpaired) electrons. The SMILES string of the molecule is Nc1n[nH]c2cc(C3CCCN(C(=O)OCc4ccccc4)C3)nc(-c3ccc(Oc4ccccc4)cc3)c12. The number of ether oxygens (including phenoxy) is 2. The third kappa shape index (κ3) is 5.40. The number of carbonyl (C=O) groups is 1. The van der Waals surface area contributed by atoms with Crippen molar-refractivity contribution < 1.29 is 14.3 Å². The van der Waals surface area contributed by atoms with Gasteiger partial charge in [0.25, 0.3) is 0 Å². The van der Waals surface area contributed by atoms with Gasteiger partial charge in [-0.05, 0) is 60.9 Å². The van der Waals surface area contributed by atoms with E-state index in [0.29, 0.717) is 18.9 Å². The number of nitrogens with one attached hydrogen (secondary N) is 1. The van der Waals surface area contributed by atoms with Crippen molar-refractivity contribution in [3.63, 3.8) is 0 Å². The van der Waals surface area contributed by atoms with Crippen LogP contribution in [0.2, 0.25) is 0 Å². The summed E-state index contributed by atoms with van der Waals surface area (Å²) in [6, 6.07) is 29.2. The van der Waals surface area contributed by atoms with E-state index in [0.717, 1.165) is 57.8 Å². The molecule has 8 heteroatoms. The van der Waals surface area contributed by atoms with Gasteiger partial charge < -0.3 is 20.1 Å². The number of nitrogens with zero attached hydrogens (tertiary/aromatic N) is 3. The molecule has 0 bridgehead atoms. The number of piperidine rings is 1. The number of hydrogen-bond donors (Lipinski definition) is 2. The second-order valence-electron chi connectivity index (χ2n) is 9.69. The molecule has 1 amide bonds. The molecule has 3 heterocycles. The molecule has 1 aliphatic rings. The number of nitrogen functional groups attached to an aromatic ring is 1. The van der Waals surface area contributed by atoms with Crippen molar-refractivity contribution >= 4 is 22.8 Å². The molecule has 1 saturated heterocycles. The Bertz CT molecular complexity index is 1570. The zero-order valence-corrected chi connectivity index (χ0v) is 21.4. The molecule has 39 heavy (non-hydrogen) atoms. The monoisotopic (exact) mass is 519 g/mol. The predicted molar refractivity (Wildman–Crippen MR) is 150 cm³/mol. The second kappa shape index (κ2) is 10.9. The first kappa shape index (κ1) is 24.5. The lowest BCUT2D eigenvalue weighted by atomic mass is 9.93. The minimum absolute atomic E-state index is 0.0661. The van der Waals surface area contributed by atoms with Gasteiger partial charge in [0.2, 0.25) is 0 Å². The molecule has 1 aliphatic heterocycles. The van der Waals surface area contributed by atoms with Gasteiger partial charge in [0, 0.05) is 30.3 Å². The summed E-state index contributed by atoms with van der Waals surface area (Å²) in [5.74, 6) is 1.97. The summed E-state index contributed by atoms with van der Waals surface area (Å²) in [6.07, 6.45) is 1.50. The number of H-pyrrole nitrogens is 1. The Hall–Kier alpha value is -4.85. The standard InChI is InChI=1S/C31H29N5O3/c32-30-28-27(34-35-30)18-26(23-10-7-17-36(19-23)31(37)38-20-21-8-3-1-4-9-21)33-29(28)22-13-15-25(16-14-22)39-24-11-5-2-6-12-24/h1-6,8-9,11-16,18,23H,7,10,17,19-20H2,(H3,32,34,35). The highest BCUT2D eigenvalue weighted by Crippen LogP contribution is 2.35. The number of benzene rings is 3. The quantitative estimate of drug-likeness (QED) is 0.265. The maximum atomic E-state index is 12.9. The highest BCUT2D eigenvalue weighted by Gasteiger charge is 2.28. The van der Waals surface area contributed by atoms with Gasteiger partial charge in [-0.2, -0.15) is 5.10 Å². The van der Waals surface area contributed by atoms with E-state index in [-0.39, 0.29) is 18.6 Å². The van der Waals surface area contributed by atoms with Crippen molar-refractivity contribution in [2.45, 2.75) is 25.4 Å². The molecule has 0 spiro atoms. The number of likely N-dealkylation sites (tertiary alicyclic amines) is 1. The van der Waals surface area contributed by atoms with Crippen LogP contribution in [0.5, 0.6) is 11.5 Å².